The van der Waals surface area contributed by atoms with E-state index in [1.807, 2.05) is 13.0 Å². The van der Waals surface area contributed by atoms with Crippen LogP contribution in [0.15, 0.2) is 16.0 Å². The van der Waals surface area contributed by atoms with Gasteiger partial charge in [0.15, 0.2) is 0 Å². The molecule has 0 saturated carbocycles. The molecule has 0 spiro atoms. The fourth-order valence-electron chi connectivity index (χ4n) is 1.47. The number of aliphatic hydroxyl groups excluding tert-OH is 1. The number of carbonyl (C=O) groups is 1. The van der Waals surface area contributed by atoms with Crippen molar-refractivity contribution in [3.63, 3.8) is 0 Å². The minimum absolute atomic E-state index is 0.213. The Morgan fingerprint density at radius 3 is 3.05 bits per heavy atom. The monoisotopic (exact) mass is 287 g/mol. The molecule has 5 nitrogen and oxygen atoms in total. The van der Waals surface area contributed by atoms with Gasteiger partial charge in [-0.3, -0.25) is 4.79 Å². The standard InChI is InChI=1S/C13H21NO4S/c1-3-11(15)9-18-13-10(7-8-19-14-13)5-6-12(16)17-4-2/h7,11,15H,3-6,8-9H2,1-2H3. The summed E-state index contributed by atoms with van der Waals surface area (Å²) in [7, 11) is 0. The molecule has 19 heavy (non-hydrogen) atoms. The first-order valence-corrected chi connectivity index (χ1v) is 7.47. The molecule has 0 bridgehead atoms. The molecule has 0 aromatic rings. The molecule has 0 aliphatic carbocycles. The third-order valence-corrected chi connectivity index (χ3v) is 3.22. The SMILES string of the molecule is CCOC(=O)CCC1=CCSN=C1OCC(O)CC. The first-order valence-electron chi connectivity index (χ1n) is 6.53. The second-order valence-corrected chi connectivity index (χ2v) is 4.87. The van der Waals surface area contributed by atoms with Crippen LogP contribution in [-0.4, -0.2) is 42.0 Å². The van der Waals surface area contributed by atoms with Crippen molar-refractivity contribution in [2.24, 2.45) is 4.40 Å². The second-order valence-electron chi connectivity index (χ2n) is 4.10. The zero-order valence-electron chi connectivity index (χ0n) is 11.4. The van der Waals surface area contributed by atoms with Crippen LogP contribution in [0.2, 0.25) is 0 Å². The predicted octanol–water partition coefficient (Wildman–Crippen LogP) is 2.10. The molecule has 1 atom stereocenters. The smallest absolute Gasteiger partial charge is 0.306 e. The third-order valence-electron chi connectivity index (χ3n) is 2.61. The Bertz CT molecular complexity index is 355. The molecule has 1 heterocycles. The highest BCUT2D eigenvalue weighted by Gasteiger charge is 2.16. The summed E-state index contributed by atoms with van der Waals surface area (Å²) < 4.78 is 14.6. The third kappa shape index (κ3) is 6.11. The van der Waals surface area contributed by atoms with E-state index in [0.717, 1.165) is 11.3 Å². The number of esters is 1. The van der Waals surface area contributed by atoms with Crippen LogP contribution in [0, 0.1) is 0 Å². The maximum absolute atomic E-state index is 11.3. The van der Waals surface area contributed by atoms with Crippen LogP contribution in [0.1, 0.15) is 33.1 Å². The van der Waals surface area contributed by atoms with Crippen LogP contribution in [0.3, 0.4) is 0 Å². The molecule has 0 amide bonds. The van der Waals surface area contributed by atoms with Gasteiger partial charge in [-0.15, -0.1) is 0 Å². The Hall–Kier alpha value is -1.01. The molecular weight excluding hydrogens is 266 g/mol. The lowest BCUT2D eigenvalue weighted by atomic mass is 10.1. The molecule has 1 unspecified atom stereocenters. The van der Waals surface area contributed by atoms with Crippen molar-refractivity contribution >= 4 is 23.8 Å². The van der Waals surface area contributed by atoms with Crippen molar-refractivity contribution in [3.05, 3.63) is 11.6 Å². The van der Waals surface area contributed by atoms with Gasteiger partial charge in [-0.1, -0.05) is 13.0 Å². The maximum Gasteiger partial charge on any atom is 0.306 e. The number of nitrogens with zero attached hydrogens (tertiary/aromatic N) is 1. The molecule has 0 aromatic heterocycles. The van der Waals surface area contributed by atoms with E-state index < -0.39 is 6.10 Å². The van der Waals surface area contributed by atoms with Gasteiger partial charge >= 0.3 is 5.97 Å². The number of carbonyl (C=O) groups excluding carboxylic acids is 1. The van der Waals surface area contributed by atoms with Crippen molar-refractivity contribution in [2.75, 3.05) is 19.0 Å². The topological polar surface area (TPSA) is 68.1 Å². The van der Waals surface area contributed by atoms with Gasteiger partial charge in [0.2, 0.25) is 5.90 Å². The molecule has 1 N–H and O–H groups in total. The summed E-state index contributed by atoms with van der Waals surface area (Å²) >= 11 is 1.40. The van der Waals surface area contributed by atoms with Crippen LogP contribution in [0.25, 0.3) is 0 Å². The van der Waals surface area contributed by atoms with Gasteiger partial charge in [0.25, 0.3) is 0 Å². The Kier molecular flexibility index (Phi) is 7.59. The minimum atomic E-state index is -0.485. The largest absolute Gasteiger partial charge is 0.474 e. The minimum Gasteiger partial charge on any atom is -0.474 e. The molecular formula is C13H21NO4S. The van der Waals surface area contributed by atoms with E-state index in [1.165, 1.54) is 11.9 Å². The lowest BCUT2D eigenvalue weighted by Gasteiger charge is -2.17. The molecule has 1 aliphatic rings. The average Bonchev–Trinajstić information content (AvgIpc) is 2.43. The predicted molar refractivity (Wildman–Crippen MR) is 76.1 cm³/mol. The zero-order chi connectivity index (χ0) is 14.1. The molecule has 0 radical (unpaired) electrons. The number of ether oxygens (including phenoxy) is 2. The molecule has 0 aromatic carbocycles. The lowest BCUT2D eigenvalue weighted by Crippen LogP contribution is -2.20. The molecule has 1 rings (SSSR count). The second kappa shape index (κ2) is 8.98. The van der Waals surface area contributed by atoms with Crippen molar-refractivity contribution in [1.82, 2.24) is 0 Å². The normalized spacial score (nSPS) is 16.4. The highest BCUT2D eigenvalue weighted by atomic mass is 32.2. The van der Waals surface area contributed by atoms with E-state index in [9.17, 15) is 9.90 Å². The van der Waals surface area contributed by atoms with E-state index >= 15 is 0 Å². The molecule has 0 fully saturated rings. The van der Waals surface area contributed by atoms with Crippen molar-refractivity contribution in [3.8, 4) is 0 Å². The average molecular weight is 287 g/mol. The van der Waals surface area contributed by atoms with Crippen LogP contribution in [-0.2, 0) is 14.3 Å². The Balaban J connectivity index is 2.43. The fourth-order valence-corrected chi connectivity index (χ4v) is 2.11. The molecule has 0 saturated heterocycles. The van der Waals surface area contributed by atoms with Gasteiger partial charge in [-0.2, -0.15) is 4.40 Å². The molecule has 6 heteroatoms. The summed E-state index contributed by atoms with van der Waals surface area (Å²) in [5.74, 6) is 1.09. The lowest BCUT2D eigenvalue weighted by molar-refractivity contribution is -0.143. The van der Waals surface area contributed by atoms with Gasteiger partial charge in [0.1, 0.15) is 6.61 Å². The highest BCUT2D eigenvalue weighted by Crippen LogP contribution is 2.20. The van der Waals surface area contributed by atoms with Crippen molar-refractivity contribution in [2.45, 2.75) is 39.2 Å². The quantitative estimate of drug-likeness (QED) is 0.573. The highest BCUT2D eigenvalue weighted by molar-refractivity contribution is 7.98. The summed E-state index contributed by atoms with van der Waals surface area (Å²) in [5.41, 5.74) is 0.912. The number of aliphatic hydroxyl groups is 1. The Labute approximate surface area is 118 Å². The Morgan fingerprint density at radius 2 is 2.37 bits per heavy atom. The van der Waals surface area contributed by atoms with E-state index in [2.05, 4.69) is 4.40 Å². The van der Waals surface area contributed by atoms with Crippen LogP contribution >= 0.6 is 11.9 Å². The van der Waals surface area contributed by atoms with Gasteiger partial charge in [0.05, 0.1) is 12.7 Å². The summed E-state index contributed by atoms with van der Waals surface area (Å²) in [6, 6.07) is 0. The first-order chi connectivity index (χ1) is 9.17. The number of rotatable bonds is 7. The van der Waals surface area contributed by atoms with Crippen molar-refractivity contribution in [1.29, 1.82) is 0 Å². The van der Waals surface area contributed by atoms with Gasteiger partial charge in [-0.25, -0.2) is 0 Å². The van der Waals surface area contributed by atoms with Gasteiger partial charge in [0, 0.05) is 17.7 Å². The van der Waals surface area contributed by atoms with E-state index in [1.54, 1.807) is 6.92 Å². The van der Waals surface area contributed by atoms with Crippen LogP contribution in [0.4, 0.5) is 0 Å². The maximum atomic E-state index is 11.3. The van der Waals surface area contributed by atoms with Crippen molar-refractivity contribution < 1.29 is 19.4 Å². The van der Waals surface area contributed by atoms with E-state index in [-0.39, 0.29) is 12.6 Å². The van der Waals surface area contributed by atoms with Gasteiger partial charge in [-0.05, 0) is 31.7 Å². The molecule has 1 aliphatic heterocycles. The fraction of sp³-hybridized carbons (Fsp3) is 0.692. The summed E-state index contributed by atoms with van der Waals surface area (Å²) in [6.07, 6.45) is 3.04. The summed E-state index contributed by atoms with van der Waals surface area (Å²) in [6.45, 7) is 4.31. The van der Waals surface area contributed by atoms with E-state index in [4.69, 9.17) is 9.47 Å². The van der Waals surface area contributed by atoms with Gasteiger partial charge < -0.3 is 14.6 Å². The number of hydrogen-bond donors (Lipinski definition) is 1. The van der Waals surface area contributed by atoms with E-state index in [0.29, 0.717) is 31.8 Å². The summed E-state index contributed by atoms with van der Waals surface area (Å²) in [4.78, 5) is 11.3. The van der Waals surface area contributed by atoms with Crippen LogP contribution < -0.4 is 0 Å². The number of hydrogen-bond acceptors (Lipinski definition) is 6. The molecule has 108 valence electrons. The summed E-state index contributed by atoms with van der Waals surface area (Å²) in [5, 5.41) is 9.48. The Morgan fingerprint density at radius 1 is 1.58 bits per heavy atom. The first kappa shape index (κ1) is 16.0. The zero-order valence-corrected chi connectivity index (χ0v) is 12.2. The van der Waals surface area contributed by atoms with Crippen LogP contribution in [0.5, 0.6) is 0 Å².